The molecule has 1 unspecified atom stereocenters. The van der Waals surface area contributed by atoms with Crippen molar-refractivity contribution >= 4 is 8.32 Å². The van der Waals surface area contributed by atoms with E-state index in [-0.39, 0.29) is 17.4 Å². The molecule has 3 aliphatic rings. The van der Waals surface area contributed by atoms with Gasteiger partial charge in [0.25, 0.3) is 0 Å². The lowest BCUT2D eigenvalue weighted by Gasteiger charge is -2.61. The van der Waals surface area contributed by atoms with Gasteiger partial charge in [-0.15, -0.1) is 0 Å². The van der Waals surface area contributed by atoms with Gasteiger partial charge in [0.05, 0.1) is 5.41 Å². The van der Waals surface area contributed by atoms with Crippen molar-refractivity contribution in [1.29, 1.82) is 0 Å². The second kappa shape index (κ2) is 6.79. The highest BCUT2D eigenvalue weighted by molar-refractivity contribution is 6.69. The van der Waals surface area contributed by atoms with E-state index >= 15 is 0 Å². The third-order valence-electron chi connectivity index (χ3n) is 6.77. The third kappa shape index (κ3) is 2.51. The van der Waals surface area contributed by atoms with E-state index in [0.29, 0.717) is 6.61 Å². The SMILES string of the molecule is CCOC1(O[Si](C)(C)C)[C@H]2c3ccccc3[C@H]([n+]3ccccc32)C1(CC)CC. The molecule has 0 spiro atoms. The van der Waals surface area contributed by atoms with Gasteiger partial charge >= 0.3 is 0 Å². The van der Waals surface area contributed by atoms with Gasteiger partial charge in [0.1, 0.15) is 5.92 Å². The third-order valence-corrected chi connectivity index (χ3v) is 7.69. The molecular weight excluding hydrogens is 362 g/mol. The van der Waals surface area contributed by atoms with Crippen LogP contribution in [0.1, 0.15) is 62.4 Å². The van der Waals surface area contributed by atoms with Crippen molar-refractivity contribution in [3.8, 4) is 0 Å². The zero-order valence-corrected chi connectivity index (χ0v) is 19.2. The molecule has 0 fully saturated rings. The number of benzene rings is 1. The summed E-state index contributed by atoms with van der Waals surface area (Å²) in [5, 5.41) is 0. The van der Waals surface area contributed by atoms with Crippen LogP contribution in [0, 0.1) is 5.41 Å². The molecule has 1 aliphatic carbocycles. The molecule has 2 aliphatic heterocycles. The zero-order chi connectivity index (χ0) is 20.2. The fourth-order valence-corrected chi connectivity index (χ4v) is 7.23. The minimum Gasteiger partial charge on any atom is -0.389 e. The van der Waals surface area contributed by atoms with Crippen LogP contribution >= 0.6 is 0 Å². The molecule has 0 saturated carbocycles. The number of ether oxygens (including phenoxy) is 1. The molecule has 0 amide bonds. The topological polar surface area (TPSA) is 22.3 Å². The van der Waals surface area contributed by atoms with Crippen molar-refractivity contribution in [2.75, 3.05) is 6.61 Å². The normalized spacial score (nSPS) is 27.4. The lowest BCUT2D eigenvalue weighted by molar-refractivity contribution is -0.756. The van der Waals surface area contributed by atoms with Crippen LogP contribution < -0.4 is 4.57 Å². The Morgan fingerprint density at radius 2 is 1.57 bits per heavy atom. The van der Waals surface area contributed by atoms with Crippen molar-refractivity contribution in [1.82, 2.24) is 0 Å². The van der Waals surface area contributed by atoms with Crippen molar-refractivity contribution in [2.24, 2.45) is 5.41 Å². The fourth-order valence-electron chi connectivity index (χ4n) is 5.94. The van der Waals surface area contributed by atoms with Crippen LogP contribution in [-0.4, -0.2) is 20.7 Å². The predicted octanol–water partition coefficient (Wildman–Crippen LogP) is 5.41. The Balaban J connectivity index is 2.11. The number of pyridine rings is 1. The highest BCUT2D eigenvalue weighted by Gasteiger charge is 2.73. The van der Waals surface area contributed by atoms with E-state index < -0.39 is 14.1 Å². The van der Waals surface area contributed by atoms with Crippen LogP contribution in [0.5, 0.6) is 0 Å². The summed E-state index contributed by atoms with van der Waals surface area (Å²) in [6.07, 6.45) is 4.29. The first-order valence-corrected chi connectivity index (χ1v) is 14.2. The molecule has 3 heterocycles. The highest BCUT2D eigenvalue weighted by atomic mass is 28.4. The van der Waals surface area contributed by atoms with Crippen molar-refractivity contribution in [2.45, 2.75) is 71.0 Å². The Hall–Kier alpha value is -1.49. The summed E-state index contributed by atoms with van der Waals surface area (Å²) in [5.74, 6) is -0.544. The molecule has 5 rings (SSSR count). The first-order chi connectivity index (χ1) is 13.3. The van der Waals surface area contributed by atoms with Gasteiger partial charge in [0.2, 0.25) is 0 Å². The first kappa shape index (κ1) is 19.8. The molecule has 2 bridgehead atoms. The monoisotopic (exact) mass is 396 g/mol. The molecule has 3 nitrogen and oxygen atoms in total. The maximum atomic E-state index is 7.16. The van der Waals surface area contributed by atoms with E-state index in [0.717, 1.165) is 12.8 Å². The average Bonchev–Trinajstić information content (AvgIpc) is 2.67. The Morgan fingerprint density at radius 3 is 2.18 bits per heavy atom. The second-order valence-electron chi connectivity index (χ2n) is 9.18. The maximum Gasteiger partial charge on any atom is 0.194 e. The van der Waals surface area contributed by atoms with Gasteiger partial charge in [-0.1, -0.05) is 44.2 Å². The van der Waals surface area contributed by atoms with Crippen LogP contribution in [0.3, 0.4) is 0 Å². The number of rotatable bonds is 6. The van der Waals surface area contributed by atoms with E-state index in [4.69, 9.17) is 9.16 Å². The Bertz CT molecular complexity index is 823. The lowest BCUT2D eigenvalue weighted by atomic mass is 9.53. The molecule has 4 heteroatoms. The first-order valence-electron chi connectivity index (χ1n) is 10.8. The van der Waals surface area contributed by atoms with Crippen molar-refractivity contribution < 1.29 is 13.7 Å². The van der Waals surface area contributed by atoms with E-state index in [2.05, 4.69) is 93.6 Å². The summed E-state index contributed by atoms with van der Waals surface area (Å²) in [7, 11) is -1.89. The van der Waals surface area contributed by atoms with Gasteiger partial charge < -0.3 is 9.16 Å². The highest BCUT2D eigenvalue weighted by Crippen LogP contribution is 2.65. The van der Waals surface area contributed by atoms with E-state index in [1.54, 1.807) is 0 Å². The van der Waals surface area contributed by atoms with E-state index in [9.17, 15) is 0 Å². The summed E-state index contributed by atoms with van der Waals surface area (Å²) in [6.45, 7) is 14.3. The molecule has 2 aromatic rings. The van der Waals surface area contributed by atoms with Gasteiger partial charge in [0, 0.05) is 24.3 Å². The summed E-state index contributed by atoms with van der Waals surface area (Å²) in [4.78, 5) is 0. The smallest absolute Gasteiger partial charge is 0.194 e. The number of aromatic nitrogens is 1. The maximum absolute atomic E-state index is 7.16. The molecule has 3 atom stereocenters. The summed E-state index contributed by atoms with van der Waals surface area (Å²) < 4.78 is 16.5. The largest absolute Gasteiger partial charge is 0.389 e. The molecule has 1 aromatic carbocycles. The number of nitrogens with zero attached hydrogens (tertiary/aromatic N) is 1. The summed E-state index contributed by atoms with van der Waals surface area (Å²) >= 11 is 0. The van der Waals surface area contributed by atoms with Gasteiger partial charge in [-0.2, -0.15) is 4.57 Å². The van der Waals surface area contributed by atoms with Gasteiger partial charge in [0.15, 0.2) is 32.0 Å². The van der Waals surface area contributed by atoms with Crippen LogP contribution in [0.25, 0.3) is 0 Å². The number of fused-ring (bicyclic) bond motifs is 1. The molecule has 1 aromatic heterocycles. The molecule has 0 radical (unpaired) electrons. The van der Waals surface area contributed by atoms with Crippen LogP contribution in [-0.2, 0) is 9.16 Å². The predicted molar refractivity (Wildman–Crippen MR) is 115 cm³/mol. The molecule has 28 heavy (non-hydrogen) atoms. The standard InChI is InChI=1S/C24H34NO2Si/c1-7-23(8-2)22-19-15-11-10-14-18(19)21(20-16-12-13-17-25(20)22)24(23,26-9-3)27-28(4,5)6/h10-17,21-22H,7-9H2,1-6H3/q+1/t21-,22-,24?/m0/s1. The fraction of sp³-hybridized carbons (Fsp3) is 0.542. The van der Waals surface area contributed by atoms with E-state index in [1.165, 1.54) is 16.8 Å². The molecule has 0 saturated heterocycles. The van der Waals surface area contributed by atoms with Crippen LogP contribution in [0.15, 0.2) is 48.7 Å². The van der Waals surface area contributed by atoms with Crippen LogP contribution in [0.4, 0.5) is 0 Å². The molecule has 0 N–H and O–H groups in total. The molecule has 150 valence electrons. The van der Waals surface area contributed by atoms with Gasteiger partial charge in [-0.25, -0.2) is 0 Å². The van der Waals surface area contributed by atoms with Crippen molar-refractivity contribution in [3.05, 3.63) is 65.5 Å². The number of hydrogen-bond donors (Lipinski definition) is 0. The molecular formula is C24H34NO2Si+. The Morgan fingerprint density at radius 1 is 0.929 bits per heavy atom. The second-order valence-corrected chi connectivity index (χ2v) is 13.6. The van der Waals surface area contributed by atoms with Crippen molar-refractivity contribution in [3.63, 3.8) is 0 Å². The quantitative estimate of drug-likeness (QED) is 0.370. The Kier molecular flexibility index (Phi) is 4.80. The summed E-state index contributed by atoms with van der Waals surface area (Å²) in [5.41, 5.74) is 4.02. The average molecular weight is 397 g/mol. The van der Waals surface area contributed by atoms with Gasteiger partial charge in [-0.05, 0) is 45.0 Å². The minimum absolute atomic E-state index is 0.0847. The Labute approximate surface area is 170 Å². The lowest BCUT2D eigenvalue weighted by Crippen LogP contribution is -2.74. The minimum atomic E-state index is -1.89. The number of hydrogen-bond acceptors (Lipinski definition) is 2. The summed E-state index contributed by atoms with van der Waals surface area (Å²) in [6, 6.07) is 15.8. The van der Waals surface area contributed by atoms with Gasteiger partial charge in [-0.3, -0.25) is 0 Å². The van der Waals surface area contributed by atoms with E-state index in [1.807, 2.05) is 0 Å². The van der Waals surface area contributed by atoms with Crippen LogP contribution in [0.2, 0.25) is 19.6 Å². The zero-order valence-electron chi connectivity index (χ0n) is 18.2.